The van der Waals surface area contributed by atoms with Crippen LogP contribution < -0.4 is 0 Å². The average Bonchev–Trinajstić information content (AvgIpc) is 2.66. The van der Waals surface area contributed by atoms with E-state index in [0.717, 1.165) is 6.42 Å². The van der Waals surface area contributed by atoms with Gasteiger partial charge in [0.15, 0.2) is 8.32 Å². The molecule has 0 amide bonds. The first kappa shape index (κ1) is 17.5. The van der Waals surface area contributed by atoms with Gasteiger partial charge in [0.25, 0.3) is 0 Å². The molecule has 0 saturated carbocycles. The maximum atomic E-state index is 11.0. The van der Waals surface area contributed by atoms with Crippen LogP contribution in [0.3, 0.4) is 0 Å². The number of ether oxygens (including phenoxy) is 1. The number of esters is 1. The highest BCUT2D eigenvalue weighted by atomic mass is 32.2. The molecule has 20 heavy (non-hydrogen) atoms. The Morgan fingerprint density at radius 2 is 2.05 bits per heavy atom. The van der Waals surface area contributed by atoms with Crippen LogP contribution in [0.2, 0.25) is 18.1 Å². The Balaban J connectivity index is 2.74. The van der Waals surface area contributed by atoms with E-state index < -0.39 is 8.32 Å². The van der Waals surface area contributed by atoms with Crippen molar-refractivity contribution in [3.63, 3.8) is 0 Å². The lowest BCUT2D eigenvalue weighted by atomic mass is 10.1. The molecule has 0 aromatic rings. The van der Waals surface area contributed by atoms with Crippen LogP contribution in [0.5, 0.6) is 0 Å². The summed E-state index contributed by atoms with van der Waals surface area (Å²) in [4.78, 5) is 11.0. The van der Waals surface area contributed by atoms with E-state index >= 15 is 0 Å². The van der Waals surface area contributed by atoms with E-state index in [-0.39, 0.29) is 27.6 Å². The molecule has 0 unspecified atom stereocenters. The molecular formula is C14H25NO3SSi. The smallest absolute Gasteiger partial charge is 0.302 e. The molecule has 3 atom stereocenters. The number of carbonyl (C=O) groups excluding carboxylic acids is 1. The first-order valence-corrected chi connectivity index (χ1v) is 10.8. The van der Waals surface area contributed by atoms with Crippen LogP contribution in [0.15, 0.2) is 0 Å². The van der Waals surface area contributed by atoms with Crippen molar-refractivity contribution in [1.29, 1.82) is 5.26 Å². The van der Waals surface area contributed by atoms with Gasteiger partial charge in [0, 0.05) is 6.92 Å². The number of carbonyl (C=O) groups is 1. The molecule has 6 heteroatoms. The molecular weight excluding hydrogens is 290 g/mol. The van der Waals surface area contributed by atoms with Crippen molar-refractivity contribution in [3.8, 4) is 6.07 Å². The van der Waals surface area contributed by atoms with Gasteiger partial charge in [-0.1, -0.05) is 20.8 Å². The number of hydrogen-bond donors (Lipinski definition) is 0. The van der Waals surface area contributed by atoms with Crippen LogP contribution in [0.1, 0.15) is 34.1 Å². The predicted octanol–water partition coefficient (Wildman–Crippen LogP) is 3.34. The quantitative estimate of drug-likeness (QED) is 0.588. The van der Waals surface area contributed by atoms with Gasteiger partial charge in [-0.25, -0.2) is 0 Å². The van der Waals surface area contributed by atoms with Crippen molar-refractivity contribution >= 4 is 26.0 Å². The van der Waals surface area contributed by atoms with Gasteiger partial charge in [-0.05, 0) is 24.6 Å². The summed E-state index contributed by atoms with van der Waals surface area (Å²) >= 11 is 1.57. The summed E-state index contributed by atoms with van der Waals surface area (Å²) in [6.45, 7) is 12.8. The summed E-state index contributed by atoms with van der Waals surface area (Å²) < 4.78 is 11.5. The molecule has 114 valence electrons. The summed E-state index contributed by atoms with van der Waals surface area (Å²) in [7, 11) is -1.87. The van der Waals surface area contributed by atoms with Crippen LogP contribution in [-0.4, -0.2) is 37.5 Å². The molecule has 4 nitrogen and oxygen atoms in total. The first-order valence-electron chi connectivity index (χ1n) is 6.93. The maximum Gasteiger partial charge on any atom is 0.302 e. The lowest BCUT2D eigenvalue weighted by Gasteiger charge is -2.39. The molecule has 0 radical (unpaired) electrons. The van der Waals surface area contributed by atoms with Crippen LogP contribution >= 0.6 is 11.8 Å². The molecule has 1 aliphatic rings. The van der Waals surface area contributed by atoms with Crippen molar-refractivity contribution in [2.45, 2.75) is 68.9 Å². The summed E-state index contributed by atoms with van der Waals surface area (Å²) in [6, 6.07) is 2.29. The van der Waals surface area contributed by atoms with E-state index in [1.165, 1.54) is 6.92 Å². The molecule has 0 aromatic heterocycles. The molecule has 1 rings (SSSR count). The minimum absolute atomic E-state index is 0.00453. The second-order valence-corrected chi connectivity index (χ2v) is 13.0. The average molecular weight is 316 g/mol. The SMILES string of the molecule is CC(=O)OC[C@H]1S[C@@H](C#N)C[C@@H]1O[Si](C)(C)C(C)(C)C. The van der Waals surface area contributed by atoms with Crippen molar-refractivity contribution in [2.75, 3.05) is 6.61 Å². The fourth-order valence-electron chi connectivity index (χ4n) is 1.83. The topological polar surface area (TPSA) is 59.3 Å². The Bertz CT molecular complexity index is 400. The van der Waals surface area contributed by atoms with Gasteiger partial charge >= 0.3 is 5.97 Å². The first-order chi connectivity index (χ1) is 9.06. The minimum atomic E-state index is -1.87. The third kappa shape index (κ3) is 4.50. The van der Waals surface area contributed by atoms with Crippen LogP contribution in [0, 0.1) is 11.3 Å². The predicted molar refractivity (Wildman–Crippen MR) is 84.1 cm³/mol. The van der Waals surface area contributed by atoms with Gasteiger partial charge < -0.3 is 9.16 Å². The second-order valence-electron chi connectivity index (χ2n) is 6.75. The van der Waals surface area contributed by atoms with Crippen molar-refractivity contribution in [2.24, 2.45) is 0 Å². The lowest BCUT2D eigenvalue weighted by Crippen LogP contribution is -2.46. The monoisotopic (exact) mass is 315 g/mol. The van der Waals surface area contributed by atoms with E-state index in [1.54, 1.807) is 11.8 Å². The highest BCUT2D eigenvalue weighted by molar-refractivity contribution is 8.01. The largest absolute Gasteiger partial charge is 0.465 e. The minimum Gasteiger partial charge on any atom is -0.465 e. The fraction of sp³-hybridized carbons (Fsp3) is 0.857. The second kappa shape index (κ2) is 6.50. The summed E-state index contributed by atoms with van der Waals surface area (Å²) in [5, 5.41) is 9.25. The molecule has 1 fully saturated rings. The molecule has 1 aliphatic heterocycles. The Kier molecular flexibility index (Phi) is 5.70. The van der Waals surface area contributed by atoms with Gasteiger partial charge in [0.05, 0.1) is 22.7 Å². The van der Waals surface area contributed by atoms with E-state index in [4.69, 9.17) is 14.4 Å². The van der Waals surface area contributed by atoms with E-state index in [0.29, 0.717) is 6.61 Å². The van der Waals surface area contributed by atoms with Gasteiger partial charge in [0.2, 0.25) is 0 Å². The number of nitrogens with zero attached hydrogens (tertiary/aromatic N) is 1. The zero-order valence-electron chi connectivity index (χ0n) is 13.2. The zero-order chi connectivity index (χ0) is 15.6. The molecule has 0 spiro atoms. The fourth-order valence-corrected chi connectivity index (χ4v) is 4.57. The molecule has 0 aliphatic carbocycles. The molecule has 1 heterocycles. The summed E-state index contributed by atoms with van der Waals surface area (Å²) in [5.74, 6) is -0.280. The van der Waals surface area contributed by atoms with E-state index in [1.807, 2.05) is 0 Å². The van der Waals surface area contributed by atoms with Gasteiger partial charge in [-0.2, -0.15) is 5.26 Å². The maximum absolute atomic E-state index is 11.0. The number of nitriles is 1. The summed E-state index contributed by atoms with van der Waals surface area (Å²) in [6.07, 6.45) is 0.726. The Labute approximate surface area is 127 Å². The van der Waals surface area contributed by atoms with Crippen LogP contribution in [-0.2, 0) is 14.0 Å². The van der Waals surface area contributed by atoms with Crippen molar-refractivity contribution in [3.05, 3.63) is 0 Å². The highest BCUT2D eigenvalue weighted by Crippen LogP contribution is 2.42. The van der Waals surface area contributed by atoms with Gasteiger partial charge in [-0.3, -0.25) is 4.79 Å². The van der Waals surface area contributed by atoms with Crippen molar-refractivity contribution < 1.29 is 14.0 Å². The van der Waals surface area contributed by atoms with Crippen LogP contribution in [0.4, 0.5) is 0 Å². The molecule has 0 aromatic carbocycles. The molecule has 0 N–H and O–H groups in total. The van der Waals surface area contributed by atoms with Crippen LogP contribution in [0.25, 0.3) is 0 Å². The Hall–Kier alpha value is -0.513. The number of thioether (sulfide) groups is 1. The normalized spacial score (nSPS) is 27.1. The molecule has 1 saturated heterocycles. The third-order valence-corrected chi connectivity index (χ3v) is 9.97. The van der Waals surface area contributed by atoms with Gasteiger partial charge in [-0.15, -0.1) is 11.8 Å². The number of rotatable bonds is 4. The molecule has 0 bridgehead atoms. The lowest BCUT2D eigenvalue weighted by molar-refractivity contribution is -0.141. The summed E-state index contributed by atoms with van der Waals surface area (Å²) in [5.41, 5.74) is 0. The van der Waals surface area contributed by atoms with Gasteiger partial charge in [0.1, 0.15) is 6.61 Å². The highest BCUT2D eigenvalue weighted by Gasteiger charge is 2.44. The Morgan fingerprint density at radius 1 is 1.45 bits per heavy atom. The van der Waals surface area contributed by atoms with E-state index in [9.17, 15) is 4.79 Å². The van der Waals surface area contributed by atoms with Crippen molar-refractivity contribution in [1.82, 2.24) is 0 Å². The zero-order valence-corrected chi connectivity index (χ0v) is 15.0. The van der Waals surface area contributed by atoms with E-state index in [2.05, 4.69) is 39.9 Å². The Morgan fingerprint density at radius 3 is 2.50 bits per heavy atom. The number of hydrogen-bond acceptors (Lipinski definition) is 5. The standard InChI is InChI=1S/C14H25NO3SSi/c1-10(16)17-9-13-12(7-11(8-15)19-13)18-20(5,6)14(2,3)4/h11-13H,7,9H2,1-6H3/t11-,12+,13-/m1/s1. The third-order valence-electron chi connectivity index (χ3n) is 4.05.